The number of carbonyl (C=O) groups excluding carboxylic acids is 1. The largest absolute Gasteiger partial charge is 0.454 e. The maximum Gasteiger partial charge on any atom is 0.339 e. The number of cyclic esters (lactones) is 1. The average Bonchev–Trinajstić information content (AvgIpc) is 2.82. The Kier molecular flexibility index (Phi) is 3.98. The number of hydrogen-bond acceptors (Lipinski definition) is 4. The summed E-state index contributed by atoms with van der Waals surface area (Å²) in [5, 5.41) is 0. The van der Waals surface area contributed by atoms with Crippen LogP contribution in [0.1, 0.15) is 25.3 Å². The fraction of sp³-hybridized carbons (Fsp3) is 0.278. The number of rotatable bonds is 3. The van der Waals surface area contributed by atoms with Crippen molar-refractivity contribution in [3.63, 3.8) is 0 Å². The van der Waals surface area contributed by atoms with Gasteiger partial charge in [0.25, 0.3) is 0 Å². The van der Waals surface area contributed by atoms with E-state index in [0.29, 0.717) is 23.3 Å². The third-order valence-corrected chi connectivity index (χ3v) is 5.45. The highest BCUT2D eigenvalue weighted by atomic mass is 32.2. The van der Waals surface area contributed by atoms with Gasteiger partial charge >= 0.3 is 5.97 Å². The molecule has 0 amide bonds. The van der Waals surface area contributed by atoms with Gasteiger partial charge < -0.3 is 4.74 Å². The fourth-order valence-electron chi connectivity index (χ4n) is 3.04. The van der Waals surface area contributed by atoms with Gasteiger partial charge in [0.1, 0.15) is 6.10 Å². The minimum Gasteiger partial charge on any atom is -0.454 e. The molecule has 1 aromatic rings. The van der Waals surface area contributed by atoms with Gasteiger partial charge in [-0.3, -0.25) is 0 Å². The summed E-state index contributed by atoms with van der Waals surface area (Å²) >= 11 is 0. The van der Waals surface area contributed by atoms with E-state index in [0.717, 1.165) is 16.7 Å². The van der Waals surface area contributed by atoms with Crippen LogP contribution in [0, 0.1) is 0 Å². The predicted molar refractivity (Wildman–Crippen MR) is 89.2 cm³/mol. The number of allylic oxidation sites excluding steroid dienone is 3. The molecule has 0 N–H and O–H groups in total. The van der Waals surface area contributed by atoms with Crippen LogP contribution < -0.4 is 0 Å². The van der Waals surface area contributed by atoms with Crippen LogP contribution in [0.5, 0.6) is 0 Å². The molecule has 0 saturated heterocycles. The molecule has 0 aromatic heterocycles. The lowest BCUT2D eigenvalue weighted by molar-refractivity contribution is -0.137. The second-order valence-corrected chi connectivity index (χ2v) is 7.87. The van der Waals surface area contributed by atoms with E-state index < -0.39 is 9.84 Å². The third kappa shape index (κ3) is 3.01. The topological polar surface area (TPSA) is 60.4 Å². The Labute approximate surface area is 136 Å². The molecule has 1 aromatic carbocycles. The van der Waals surface area contributed by atoms with E-state index >= 15 is 0 Å². The first-order chi connectivity index (χ1) is 10.9. The second-order valence-electron chi connectivity index (χ2n) is 5.80. The molecule has 5 heteroatoms. The summed E-state index contributed by atoms with van der Waals surface area (Å²) < 4.78 is 28.7. The number of carbonyl (C=O) groups is 1. The Balaban J connectivity index is 2.09. The maximum atomic E-state index is 12.2. The summed E-state index contributed by atoms with van der Waals surface area (Å²) in [6.45, 7) is 1.85. The van der Waals surface area contributed by atoms with Crippen molar-refractivity contribution in [3.05, 3.63) is 64.1 Å². The van der Waals surface area contributed by atoms with Crippen LogP contribution >= 0.6 is 0 Å². The van der Waals surface area contributed by atoms with Gasteiger partial charge in [0.15, 0.2) is 9.84 Å². The molecule has 2 aliphatic rings. The smallest absolute Gasteiger partial charge is 0.339 e. The van der Waals surface area contributed by atoms with E-state index in [9.17, 15) is 13.2 Å². The Morgan fingerprint density at radius 3 is 2.35 bits per heavy atom. The molecule has 1 unspecified atom stereocenters. The van der Waals surface area contributed by atoms with E-state index in [-0.39, 0.29) is 12.1 Å². The van der Waals surface area contributed by atoms with Crippen molar-refractivity contribution in [2.45, 2.75) is 25.9 Å². The second kappa shape index (κ2) is 5.81. The molecular weight excluding hydrogens is 312 g/mol. The molecule has 120 valence electrons. The van der Waals surface area contributed by atoms with Crippen LogP contribution in [-0.4, -0.2) is 26.7 Å². The van der Waals surface area contributed by atoms with Gasteiger partial charge in [-0.2, -0.15) is 0 Å². The predicted octanol–water partition coefficient (Wildman–Crippen LogP) is 3.03. The van der Waals surface area contributed by atoms with Crippen molar-refractivity contribution in [3.8, 4) is 0 Å². The van der Waals surface area contributed by atoms with Crippen molar-refractivity contribution in [2.24, 2.45) is 0 Å². The van der Waals surface area contributed by atoms with Crippen molar-refractivity contribution < 1.29 is 17.9 Å². The standard InChI is InChI=1S/C18H18O4S/c1-12-16(14-8-10-15(11-9-14)23(2,20)21)17(18(19)22-12)13-6-4-3-5-7-13/h3-8,10,12H,9,11H2,1-2H3. The zero-order valence-corrected chi connectivity index (χ0v) is 13.9. The van der Waals surface area contributed by atoms with E-state index in [4.69, 9.17) is 4.74 Å². The molecule has 1 aliphatic heterocycles. The zero-order chi connectivity index (χ0) is 16.6. The summed E-state index contributed by atoms with van der Waals surface area (Å²) in [5.41, 5.74) is 3.25. The minimum absolute atomic E-state index is 0.322. The third-order valence-electron chi connectivity index (χ3n) is 4.16. The highest BCUT2D eigenvalue weighted by molar-refractivity contribution is 7.94. The summed E-state index contributed by atoms with van der Waals surface area (Å²) in [4.78, 5) is 12.7. The number of esters is 1. The molecule has 0 fully saturated rings. The fourth-order valence-corrected chi connectivity index (χ4v) is 3.83. The molecule has 0 saturated carbocycles. The van der Waals surface area contributed by atoms with E-state index in [1.165, 1.54) is 6.26 Å². The molecule has 0 spiro atoms. The van der Waals surface area contributed by atoms with Gasteiger partial charge in [0.2, 0.25) is 0 Å². The lowest BCUT2D eigenvalue weighted by Gasteiger charge is -2.17. The highest BCUT2D eigenvalue weighted by Crippen LogP contribution is 2.38. The number of sulfone groups is 1. The number of benzene rings is 1. The zero-order valence-electron chi connectivity index (χ0n) is 13.1. The molecule has 0 radical (unpaired) electrons. The first-order valence-corrected chi connectivity index (χ1v) is 9.38. The first kappa shape index (κ1) is 15.7. The molecule has 4 nitrogen and oxygen atoms in total. The van der Waals surface area contributed by atoms with Crippen molar-refractivity contribution in [2.75, 3.05) is 6.26 Å². The van der Waals surface area contributed by atoms with Crippen LogP contribution in [-0.2, 0) is 19.4 Å². The minimum atomic E-state index is -3.16. The van der Waals surface area contributed by atoms with Gasteiger partial charge in [-0.1, -0.05) is 36.4 Å². The molecular formula is C18H18O4S. The van der Waals surface area contributed by atoms with Gasteiger partial charge in [-0.15, -0.1) is 0 Å². The SMILES string of the molecule is CC1OC(=O)C(c2ccccc2)=C1C1=CC=C(S(C)(=O)=O)CC1. The summed E-state index contributed by atoms with van der Waals surface area (Å²) in [6.07, 6.45) is 5.38. The Morgan fingerprint density at radius 2 is 1.78 bits per heavy atom. The molecule has 3 rings (SSSR count). The van der Waals surface area contributed by atoms with Gasteiger partial charge in [0, 0.05) is 16.7 Å². The summed E-state index contributed by atoms with van der Waals surface area (Å²) in [6, 6.07) is 9.43. The lowest BCUT2D eigenvalue weighted by atomic mass is 9.89. The van der Waals surface area contributed by atoms with Crippen molar-refractivity contribution >= 4 is 21.4 Å². The Morgan fingerprint density at radius 1 is 1.09 bits per heavy atom. The monoisotopic (exact) mass is 330 g/mol. The molecule has 0 bridgehead atoms. The highest BCUT2D eigenvalue weighted by Gasteiger charge is 2.34. The van der Waals surface area contributed by atoms with Crippen LogP contribution in [0.15, 0.2) is 58.5 Å². The summed E-state index contributed by atoms with van der Waals surface area (Å²) in [5.74, 6) is -0.322. The lowest BCUT2D eigenvalue weighted by Crippen LogP contribution is -2.10. The Hall–Kier alpha value is -2.14. The molecule has 23 heavy (non-hydrogen) atoms. The molecule has 1 heterocycles. The van der Waals surface area contributed by atoms with Gasteiger partial charge in [-0.05, 0) is 37.0 Å². The Bertz CT molecular complexity index is 842. The first-order valence-electron chi connectivity index (χ1n) is 7.48. The number of hydrogen-bond donors (Lipinski definition) is 0. The van der Waals surface area contributed by atoms with Crippen LogP contribution in [0.4, 0.5) is 0 Å². The normalized spacial score (nSPS) is 21.8. The van der Waals surface area contributed by atoms with Crippen LogP contribution in [0.3, 0.4) is 0 Å². The van der Waals surface area contributed by atoms with Crippen LogP contribution in [0.25, 0.3) is 5.57 Å². The van der Waals surface area contributed by atoms with Crippen LogP contribution in [0.2, 0.25) is 0 Å². The molecule has 1 atom stereocenters. The molecule has 1 aliphatic carbocycles. The van der Waals surface area contributed by atoms with Gasteiger partial charge in [0.05, 0.1) is 5.57 Å². The quantitative estimate of drug-likeness (QED) is 0.799. The average molecular weight is 330 g/mol. The number of ether oxygens (including phenoxy) is 1. The van der Waals surface area contributed by atoms with Crippen molar-refractivity contribution in [1.82, 2.24) is 0 Å². The van der Waals surface area contributed by atoms with E-state index in [1.54, 1.807) is 12.2 Å². The van der Waals surface area contributed by atoms with Gasteiger partial charge in [-0.25, -0.2) is 13.2 Å². The van der Waals surface area contributed by atoms with Crippen molar-refractivity contribution in [1.29, 1.82) is 0 Å². The maximum absolute atomic E-state index is 12.2. The summed E-state index contributed by atoms with van der Waals surface area (Å²) in [7, 11) is -3.16. The van der Waals surface area contributed by atoms with E-state index in [1.807, 2.05) is 37.3 Å². The van der Waals surface area contributed by atoms with E-state index in [2.05, 4.69) is 0 Å².